The van der Waals surface area contributed by atoms with E-state index in [-0.39, 0.29) is 32.0 Å². The number of likely N-dealkylation sites (N-methyl/N-ethyl adjacent to an activating group) is 1. The van der Waals surface area contributed by atoms with Crippen LogP contribution in [0.3, 0.4) is 0 Å². The lowest BCUT2D eigenvalue weighted by atomic mass is 10.0. The molecule has 72 heavy (non-hydrogen) atoms. The van der Waals surface area contributed by atoms with Gasteiger partial charge in [-0.05, 0) is 89.9 Å². The van der Waals surface area contributed by atoms with Crippen LogP contribution in [0.5, 0.6) is 0 Å². The second kappa shape index (κ2) is 53.0. The predicted molar refractivity (Wildman–Crippen MR) is 307 cm³/mol. The summed E-state index contributed by atoms with van der Waals surface area (Å²) in [6.45, 7) is 4.30. The summed E-state index contributed by atoms with van der Waals surface area (Å²) in [4.78, 5) is 35.7. The number of allylic oxidation sites excluding steroid dienone is 14. The van der Waals surface area contributed by atoms with Gasteiger partial charge in [-0.15, -0.1) is 0 Å². The Bertz CT molecular complexity index is 1490. The maximum atomic E-state index is 12.8. The molecule has 0 fully saturated rings. The molecule has 0 aliphatic rings. The Balaban J connectivity index is 4.14. The van der Waals surface area contributed by atoms with Gasteiger partial charge in [-0.3, -0.25) is 18.6 Å². The lowest BCUT2D eigenvalue weighted by Gasteiger charge is -2.24. The molecule has 0 aromatic rings. The van der Waals surface area contributed by atoms with E-state index in [1.54, 1.807) is 0 Å². The van der Waals surface area contributed by atoms with Crippen LogP contribution in [0.15, 0.2) is 85.1 Å². The molecule has 0 rings (SSSR count). The van der Waals surface area contributed by atoms with Crippen molar-refractivity contribution in [3.05, 3.63) is 85.1 Å². The summed E-state index contributed by atoms with van der Waals surface area (Å²) < 4.78 is 34.5. The number of unbranched alkanes of at least 4 members (excludes halogenated alkanes) is 25. The molecular formula is C62H111NO8P+. The maximum Gasteiger partial charge on any atom is 0.472 e. The normalized spacial score (nSPS) is 13.9. The Hall–Kier alpha value is -2.81. The summed E-state index contributed by atoms with van der Waals surface area (Å²) in [6.07, 6.45) is 70.8. The number of phosphoric ester groups is 1. The quantitative estimate of drug-likeness (QED) is 0.0211. The summed E-state index contributed by atoms with van der Waals surface area (Å²) in [5.74, 6) is -0.814. The zero-order chi connectivity index (χ0) is 52.7. The molecule has 0 aromatic carbocycles. The summed E-state index contributed by atoms with van der Waals surface area (Å²) in [5.41, 5.74) is 0. The number of ether oxygens (including phenoxy) is 2. The molecule has 10 heteroatoms. The van der Waals surface area contributed by atoms with Crippen LogP contribution in [0.25, 0.3) is 0 Å². The molecule has 0 aliphatic carbocycles. The first-order valence-electron chi connectivity index (χ1n) is 29.3. The number of esters is 2. The van der Waals surface area contributed by atoms with E-state index in [4.69, 9.17) is 18.5 Å². The number of rotatable bonds is 53. The summed E-state index contributed by atoms with van der Waals surface area (Å²) in [5, 5.41) is 0. The fourth-order valence-electron chi connectivity index (χ4n) is 7.90. The van der Waals surface area contributed by atoms with E-state index < -0.39 is 26.5 Å². The van der Waals surface area contributed by atoms with Gasteiger partial charge >= 0.3 is 19.8 Å². The third-order valence-corrected chi connectivity index (χ3v) is 13.4. The highest BCUT2D eigenvalue weighted by Crippen LogP contribution is 2.43. The van der Waals surface area contributed by atoms with Crippen LogP contribution >= 0.6 is 7.82 Å². The Kier molecular flexibility index (Phi) is 51.0. The topological polar surface area (TPSA) is 108 Å². The van der Waals surface area contributed by atoms with Crippen LogP contribution in [0, 0.1) is 0 Å². The second-order valence-electron chi connectivity index (χ2n) is 20.6. The molecule has 1 N–H and O–H groups in total. The molecular weight excluding hydrogens is 918 g/mol. The van der Waals surface area contributed by atoms with E-state index >= 15 is 0 Å². The highest BCUT2D eigenvalue weighted by atomic mass is 31.2. The van der Waals surface area contributed by atoms with Gasteiger partial charge in [0.2, 0.25) is 0 Å². The average molecular weight is 1030 g/mol. The van der Waals surface area contributed by atoms with Gasteiger partial charge in [0.1, 0.15) is 19.8 Å². The number of quaternary nitrogens is 1. The third-order valence-electron chi connectivity index (χ3n) is 12.4. The monoisotopic (exact) mass is 1030 g/mol. The van der Waals surface area contributed by atoms with E-state index in [0.717, 1.165) is 96.3 Å². The van der Waals surface area contributed by atoms with Crippen molar-refractivity contribution in [1.29, 1.82) is 0 Å². The van der Waals surface area contributed by atoms with Gasteiger partial charge < -0.3 is 18.9 Å². The van der Waals surface area contributed by atoms with Crippen LogP contribution in [-0.2, 0) is 32.7 Å². The fourth-order valence-corrected chi connectivity index (χ4v) is 8.64. The molecule has 0 saturated carbocycles. The van der Waals surface area contributed by atoms with Crippen molar-refractivity contribution in [3.8, 4) is 0 Å². The average Bonchev–Trinajstić information content (AvgIpc) is 3.34. The number of hydrogen-bond donors (Lipinski definition) is 1. The largest absolute Gasteiger partial charge is 0.472 e. The number of hydrogen-bond acceptors (Lipinski definition) is 7. The zero-order valence-electron chi connectivity index (χ0n) is 47.1. The Labute approximate surface area is 443 Å². The third kappa shape index (κ3) is 56.5. The van der Waals surface area contributed by atoms with Crippen molar-refractivity contribution in [3.63, 3.8) is 0 Å². The number of carbonyl (C=O) groups excluding carboxylic acids is 2. The van der Waals surface area contributed by atoms with Crippen LogP contribution in [-0.4, -0.2) is 74.9 Å². The second-order valence-corrected chi connectivity index (χ2v) is 22.1. The Morgan fingerprint density at radius 2 is 0.792 bits per heavy atom. The highest BCUT2D eigenvalue weighted by Gasteiger charge is 2.27. The van der Waals surface area contributed by atoms with Crippen LogP contribution < -0.4 is 0 Å². The van der Waals surface area contributed by atoms with E-state index in [9.17, 15) is 19.0 Å². The molecule has 0 bridgehead atoms. The van der Waals surface area contributed by atoms with Crippen molar-refractivity contribution in [1.82, 2.24) is 0 Å². The lowest BCUT2D eigenvalue weighted by Crippen LogP contribution is -2.37. The van der Waals surface area contributed by atoms with Crippen molar-refractivity contribution in [2.75, 3.05) is 47.5 Å². The highest BCUT2D eigenvalue weighted by molar-refractivity contribution is 7.47. The SMILES string of the molecule is CC/C=C\C/C=C\C/C=C\C/C=C\CCCCCCCCC(=O)OC(COC(=O)CCCCCCCCCCCCCCCC/C=C\C/C=C\C/C=C\CCCCCCC)COP(=O)(O)OCC[N+](C)(C)C. The van der Waals surface area contributed by atoms with Crippen molar-refractivity contribution in [2.24, 2.45) is 0 Å². The first-order valence-corrected chi connectivity index (χ1v) is 30.8. The molecule has 0 heterocycles. The van der Waals surface area contributed by atoms with E-state index in [2.05, 4.69) is 98.9 Å². The molecule has 0 spiro atoms. The fraction of sp³-hybridized carbons (Fsp3) is 0.742. The van der Waals surface area contributed by atoms with Crippen molar-refractivity contribution in [2.45, 2.75) is 251 Å². The van der Waals surface area contributed by atoms with E-state index in [1.807, 2.05) is 21.1 Å². The van der Waals surface area contributed by atoms with Crippen LogP contribution in [0.2, 0.25) is 0 Å². The number of nitrogens with zero attached hydrogens (tertiary/aromatic N) is 1. The molecule has 9 nitrogen and oxygen atoms in total. The van der Waals surface area contributed by atoms with Gasteiger partial charge in [-0.25, -0.2) is 4.57 Å². The van der Waals surface area contributed by atoms with E-state index in [1.165, 1.54) is 116 Å². The minimum Gasteiger partial charge on any atom is -0.462 e. The number of carbonyl (C=O) groups is 2. The molecule has 2 unspecified atom stereocenters. The van der Waals surface area contributed by atoms with Gasteiger partial charge in [-0.1, -0.05) is 227 Å². The molecule has 0 aromatic heterocycles. The molecule has 2 atom stereocenters. The van der Waals surface area contributed by atoms with Gasteiger partial charge in [0, 0.05) is 12.8 Å². The van der Waals surface area contributed by atoms with Crippen LogP contribution in [0.1, 0.15) is 245 Å². The van der Waals surface area contributed by atoms with Gasteiger partial charge in [0.05, 0.1) is 27.7 Å². The molecule has 0 amide bonds. The maximum absolute atomic E-state index is 12.8. The Morgan fingerprint density at radius 3 is 1.18 bits per heavy atom. The smallest absolute Gasteiger partial charge is 0.462 e. The van der Waals surface area contributed by atoms with E-state index in [0.29, 0.717) is 17.4 Å². The van der Waals surface area contributed by atoms with Crippen molar-refractivity contribution >= 4 is 19.8 Å². The predicted octanol–water partition coefficient (Wildman–Crippen LogP) is 18.3. The minimum absolute atomic E-state index is 0.0251. The van der Waals surface area contributed by atoms with Gasteiger partial charge in [0.15, 0.2) is 6.10 Å². The van der Waals surface area contributed by atoms with Gasteiger partial charge in [-0.2, -0.15) is 0 Å². The summed E-state index contributed by atoms with van der Waals surface area (Å²) >= 11 is 0. The summed E-state index contributed by atoms with van der Waals surface area (Å²) in [7, 11) is 1.46. The number of phosphoric acid groups is 1. The van der Waals surface area contributed by atoms with Crippen molar-refractivity contribution < 1.29 is 42.1 Å². The van der Waals surface area contributed by atoms with Crippen LogP contribution in [0.4, 0.5) is 0 Å². The lowest BCUT2D eigenvalue weighted by molar-refractivity contribution is -0.870. The zero-order valence-corrected chi connectivity index (χ0v) is 48.0. The van der Waals surface area contributed by atoms with Gasteiger partial charge in [0.25, 0.3) is 0 Å². The first kappa shape index (κ1) is 69.2. The first-order chi connectivity index (χ1) is 35.0. The molecule has 0 saturated heterocycles. The summed E-state index contributed by atoms with van der Waals surface area (Å²) in [6, 6.07) is 0. The molecule has 0 radical (unpaired) electrons. The molecule has 0 aliphatic heterocycles. The molecule has 416 valence electrons. The Morgan fingerprint density at radius 1 is 0.444 bits per heavy atom. The minimum atomic E-state index is -4.39. The standard InChI is InChI=1S/C62H110NO8P/c1-6-8-10-12-14-16-18-20-22-24-26-27-28-29-30-31-32-33-34-35-37-38-40-42-44-46-48-50-52-54-61(64)68-58-60(59-70-72(66,67)69-57-56-63(3,4)5)71-62(65)55-53-51-49-47-45-43-41-39-36-25-23-21-19-17-15-13-11-9-7-2/h9,11,15,17-18,20-21,23-24,26,28-29,36,39,60H,6-8,10,12-14,16,19,22,25,27,30-35,37-38,40-59H2,1-5H3/p+1/b11-9-,17-15-,20-18-,23-21-,26-24-,29-28-,39-36-.